The zero-order chi connectivity index (χ0) is 84.5. The number of nitrogen functional groups attached to an aromatic ring is 2. The monoisotopic (exact) mass is 1630 g/mol. The van der Waals surface area contributed by atoms with E-state index in [-0.39, 0.29) is 117 Å². The number of esters is 4. The minimum Gasteiger partial charge on any atom is -0.870 e. The number of anilines is 2. The standard InChI is InChI=1S/C12H14N4O2.C11H12N4O2.C10H10N4O2.C9H8N4O2.2C8H13NO4.C5H8N4.C4H6N4.C2H4O2.CH4.2Li.2H2O/c1-4-18-12(17)10-7-8(2)15-16(10)11-5-6-13-9(3)14-11;1-3-17-11(16)9-6-8(2)14-15(9)10-4-5-12-7-13-10;1-6-5-8(10(15)16)14(13-6)9-3-4-11-7(2)12-9;1-6-4-7(9(14)15)13(12-6)8-2-3-10-5-11-8;2*1-4-13-8(11)7(9-12-3)5-6(2)10;1-4-7-3-2-5(8-4)9-6;5-8-4-1-2-6-3-7-4;1-2(3)4;;;;;/h5-7H,4H2,1-3H3;4-7H,3H2,1-2H3;3-5H,1-2H3,(H,15,16);2-5H,1H3,(H,14,15);2*4-5H2,1-3H3;2-3H,6H2,1H3,(H,7,8,9);1-3H,5H2,(H,6,7,8);1H3,(H,3,4);1H4;;;2*1H2/q;;;;;;;;;;2*+1;;/p-2. The zero-order valence-electron chi connectivity index (χ0n) is 67.6. The van der Waals surface area contributed by atoms with Gasteiger partial charge in [0.2, 0.25) is 0 Å². The number of oxime groups is 2. The molecule has 10 aromatic rings. The van der Waals surface area contributed by atoms with Crippen molar-refractivity contribution in [1.82, 2.24) is 98.9 Å². The van der Waals surface area contributed by atoms with Crippen LogP contribution >= 0.6 is 0 Å². The zero-order valence-corrected chi connectivity index (χ0v) is 67.6. The van der Waals surface area contributed by atoms with Gasteiger partial charge in [0.05, 0.1) is 62.0 Å². The number of aliphatic carboxylic acids is 1. The number of carbonyl (C=O) groups excluding carboxylic acids is 6. The van der Waals surface area contributed by atoms with E-state index in [1.807, 2.05) is 6.92 Å². The second-order valence-electron chi connectivity index (χ2n) is 21.5. The van der Waals surface area contributed by atoms with E-state index < -0.39 is 41.8 Å². The van der Waals surface area contributed by atoms with Crippen LogP contribution in [0.15, 0.2) is 127 Å². The summed E-state index contributed by atoms with van der Waals surface area (Å²) in [6, 6.07) is 16.3. The summed E-state index contributed by atoms with van der Waals surface area (Å²) in [4.78, 5) is 154. The van der Waals surface area contributed by atoms with Crippen LogP contribution in [0.3, 0.4) is 0 Å². The number of hydrogen-bond donors (Lipinski definition) is 7. The van der Waals surface area contributed by atoms with E-state index in [9.17, 15) is 38.4 Å². The third-order valence-electron chi connectivity index (χ3n) is 12.2. The summed E-state index contributed by atoms with van der Waals surface area (Å²) >= 11 is 0. The molecule has 10 rings (SSSR count). The maximum Gasteiger partial charge on any atom is 1.00 e. The van der Waals surface area contributed by atoms with E-state index in [1.54, 1.807) is 149 Å². The predicted molar refractivity (Wildman–Crippen MR) is 412 cm³/mol. The van der Waals surface area contributed by atoms with Crippen LogP contribution in [0.1, 0.15) is 151 Å². The van der Waals surface area contributed by atoms with Gasteiger partial charge < -0.3 is 65.7 Å². The van der Waals surface area contributed by atoms with Gasteiger partial charge in [0.1, 0.15) is 73.9 Å². The molecule has 0 aliphatic heterocycles. The number of carboxylic acids is 3. The van der Waals surface area contributed by atoms with E-state index in [0.717, 1.165) is 18.3 Å². The summed E-state index contributed by atoms with van der Waals surface area (Å²) in [5.74, 6) is 9.98. The van der Waals surface area contributed by atoms with E-state index in [2.05, 4.69) is 121 Å². The van der Waals surface area contributed by atoms with Gasteiger partial charge in [-0.1, -0.05) is 17.7 Å². The van der Waals surface area contributed by atoms with Crippen molar-refractivity contribution in [2.45, 2.75) is 117 Å². The molecule has 0 aliphatic rings. The van der Waals surface area contributed by atoms with Gasteiger partial charge in [-0.3, -0.25) is 14.4 Å². The third kappa shape index (κ3) is 42.1. The average molecular weight is 1630 g/mol. The average Bonchev–Trinajstić information content (AvgIpc) is 1.73. The van der Waals surface area contributed by atoms with Crippen LogP contribution in [0.4, 0.5) is 11.6 Å². The van der Waals surface area contributed by atoms with Gasteiger partial charge in [-0.05, 0) is 114 Å². The fourth-order valence-corrected chi connectivity index (χ4v) is 7.96. The van der Waals surface area contributed by atoms with Gasteiger partial charge in [0.25, 0.3) is 5.97 Å². The molecule has 0 aliphatic carbocycles. The van der Waals surface area contributed by atoms with E-state index >= 15 is 0 Å². The minimum absolute atomic E-state index is 0. The molecule has 10 heterocycles. The number of ketones is 2. The van der Waals surface area contributed by atoms with E-state index in [0.29, 0.717) is 88.4 Å². The van der Waals surface area contributed by atoms with Crippen molar-refractivity contribution < 1.29 is 136 Å². The van der Waals surface area contributed by atoms with E-state index in [4.69, 9.17) is 41.3 Å². The number of nitrogens with two attached hydrogens (primary N) is 2. The van der Waals surface area contributed by atoms with Crippen molar-refractivity contribution in [2.75, 3.05) is 51.5 Å². The Labute approximate surface area is 701 Å². The molecule has 10 aromatic heterocycles. The Balaban J connectivity index is -0.000000627. The maximum absolute atomic E-state index is 11.8. The minimum atomic E-state index is -1.03. The fraction of sp³-hybridized carbons (Fsp3) is 0.329. The molecule has 0 unspecified atom stereocenters. The van der Waals surface area contributed by atoms with Crippen LogP contribution < -0.4 is 60.3 Å². The first-order valence-corrected chi connectivity index (χ1v) is 33.2. The molecule has 48 heteroatoms. The number of nitrogens with zero attached hydrogens (tertiary/aromatic N) is 22. The van der Waals surface area contributed by atoms with E-state index in [1.165, 1.54) is 84.1 Å². The first-order chi connectivity index (χ1) is 53.8. The van der Waals surface area contributed by atoms with Gasteiger partial charge in [0, 0.05) is 80.5 Å². The Morgan fingerprint density at radius 2 is 0.703 bits per heavy atom. The molecule has 0 atom stereocenters. The Bertz CT molecular complexity index is 4700. The Morgan fingerprint density at radius 1 is 0.415 bits per heavy atom. The molecule has 0 radical (unpaired) electrons. The number of carboxylic acid groups (broad SMARTS) is 3. The van der Waals surface area contributed by atoms with Crippen molar-refractivity contribution in [3.63, 3.8) is 0 Å². The molecular formula is C70H94Li2N26O20. The normalized spacial score (nSPS) is 9.64. The molecule has 0 amide bonds. The van der Waals surface area contributed by atoms with Crippen molar-refractivity contribution in [2.24, 2.45) is 22.0 Å². The number of aromatic carboxylic acids is 2. The molecule has 0 bridgehead atoms. The molecule has 0 saturated carbocycles. The van der Waals surface area contributed by atoms with Crippen molar-refractivity contribution in [3.8, 4) is 23.3 Å². The van der Waals surface area contributed by atoms with Crippen molar-refractivity contribution in [1.29, 1.82) is 0 Å². The van der Waals surface area contributed by atoms with Crippen LogP contribution in [-0.2, 0) is 52.6 Å². The smallest absolute Gasteiger partial charge is 0.870 e. The van der Waals surface area contributed by atoms with Gasteiger partial charge in [0.15, 0.2) is 57.5 Å². The molecule has 11 N–H and O–H groups in total. The number of Topliss-reactive ketones (excluding diaryl/α,β-unsaturated/α-hetero) is 2. The van der Waals surface area contributed by atoms with Crippen LogP contribution in [0.2, 0.25) is 0 Å². The van der Waals surface area contributed by atoms with Crippen LogP contribution in [-0.4, -0.2) is 231 Å². The molecule has 0 aromatic carbocycles. The van der Waals surface area contributed by atoms with Crippen LogP contribution in [0.5, 0.6) is 0 Å². The Morgan fingerprint density at radius 3 is 0.966 bits per heavy atom. The van der Waals surface area contributed by atoms with Gasteiger partial charge in [-0.25, -0.2) is 119 Å². The number of ether oxygens (including phenoxy) is 4. The molecule has 0 saturated heterocycles. The largest absolute Gasteiger partial charge is 1.00 e. The summed E-state index contributed by atoms with van der Waals surface area (Å²) in [5.41, 5.74) is 8.42. The Kier molecular flexibility index (Phi) is 57.3. The third-order valence-corrected chi connectivity index (χ3v) is 12.2. The molecule has 626 valence electrons. The quantitative estimate of drug-likeness (QED) is 0.0113. The second-order valence-corrected chi connectivity index (χ2v) is 21.5. The van der Waals surface area contributed by atoms with Crippen molar-refractivity contribution >= 4 is 76.4 Å². The SMILES string of the molecule is C.CC(=O)O.CCOC(=O)C(CC(C)=O)=NOC.CCOC(=O)C(CC(C)=O)=NOC.CCOC(=O)c1cc(C)nn1-c1ccnc(C)n1.CCOC(=O)c1cc(C)nn1-c1ccncn1.Cc1cc(C(=O)O)n(-c2ccnc(C)n2)n1.Cc1cc(C(=O)O)n(-c2ccncn2)n1.Cc1nccc(NN)n1.NNc1ccncn1.[Li+].[Li+].[OH-].[OH-]. The number of rotatable bonds is 22. The predicted octanol–water partition coefficient (Wildman–Crippen LogP) is -0.474. The molecule has 46 nitrogen and oxygen atoms in total. The Hall–Kier alpha value is -13.5. The summed E-state index contributed by atoms with van der Waals surface area (Å²) in [5, 5.41) is 48.8. The summed E-state index contributed by atoms with van der Waals surface area (Å²) in [7, 11) is 2.61. The number of nitrogens with one attached hydrogen (secondary N) is 2. The number of carbonyl (C=O) groups is 9. The molecule has 0 spiro atoms. The molecular weight excluding hydrogens is 1540 g/mol. The number of hydrazine groups is 2. The molecule has 0 fully saturated rings. The maximum atomic E-state index is 11.8. The second kappa shape index (κ2) is 61.0. The first kappa shape index (κ1) is 111. The molecule has 118 heavy (non-hydrogen) atoms. The number of aryl methyl sites for hydroxylation is 7. The first-order valence-electron chi connectivity index (χ1n) is 33.2. The number of aromatic nitrogens is 20. The van der Waals surface area contributed by atoms with Gasteiger partial charge in [-0.15, -0.1) is 0 Å². The van der Waals surface area contributed by atoms with Gasteiger partial charge in [-0.2, -0.15) is 20.4 Å². The topological polar surface area (TPSA) is 656 Å². The number of hydrogen-bond acceptors (Lipinski definition) is 39. The fourth-order valence-electron chi connectivity index (χ4n) is 7.96. The summed E-state index contributed by atoms with van der Waals surface area (Å²) in [6.45, 7) is 24.2. The van der Waals surface area contributed by atoms with Crippen LogP contribution in [0, 0.1) is 48.5 Å². The summed E-state index contributed by atoms with van der Waals surface area (Å²) in [6.07, 6.45) is 13.6. The van der Waals surface area contributed by atoms with Crippen LogP contribution in [0.25, 0.3) is 23.3 Å². The summed E-state index contributed by atoms with van der Waals surface area (Å²) < 4.78 is 24.8. The van der Waals surface area contributed by atoms with Gasteiger partial charge >= 0.3 is 73.5 Å². The van der Waals surface area contributed by atoms with Crippen molar-refractivity contribution in [3.05, 3.63) is 180 Å².